The number of benzene rings is 2. The summed E-state index contributed by atoms with van der Waals surface area (Å²) in [7, 11) is 0. The fourth-order valence-corrected chi connectivity index (χ4v) is 2.73. The third kappa shape index (κ3) is 3.89. The highest BCUT2D eigenvalue weighted by Crippen LogP contribution is 2.31. The van der Waals surface area contributed by atoms with Gasteiger partial charge in [0, 0.05) is 10.6 Å². The minimum atomic E-state index is -0.328. The Morgan fingerprint density at radius 2 is 2.00 bits per heavy atom. The van der Waals surface area contributed by atoms with Crippen LogP contribution in [0.5, 0.6) is 5.75 Å². The average Bonchev–Trinajstić information content (AvgIpc) is 3.03. The number of halogens is 1. The normalized spacial score (nSPS) is 10.6. The van der Waals surface area contributed by atoms with Gasteiger partial charge in [-0.25, -0.2) is 0 Å². The van der Waals surface area contributed by atoms with E-state index in [4.69, 9.17) is 20.9 Å². The maximum Gasteiger partial charge on any atom is 0.261 e. The molecule has 0 radical (unpaired) electrons. The molecule has 1 heterocycles. The molecule has 0 saturated carbocycles. The Kier molecular flexibility index (Phi) is 5.58. The van der Waals surface area contributed by atoms with Crippen LogP contribution in [0.1, 0.15) is 29.5 Å². The number of nitrogens with one attached hydrogen (secondary N) is 1. The molecule has 0 bridgehead atoms. The Morgan fingerprint density at radius 1 is 1.23 bits per heavy atom. The molecule has 2 aromatic carbocycles. The van der Waals surface area contributed by atoms with Gasteiger partial charge in [-0.05, 0) is 31.5 Å². The Balaban J connectivity index is 1.93. The van der Waals surface area contributed by atoms with E-state index in [0.29, 0.717) is 40.1 Å². The smallest absolute Gasteiger partial charge is 0.261 e. The predicted octanol–water partition coefficient (Wildman–Crippen LogP) is 5.34. The summed E-state index contributed by atoms with van der Waals surface area (Å²) in [5, 5.41) is 7.42. The quantitative estimate of drug-likeness (QED) is 0.635. The average molecular weight is 371 g/mol. The van der Waals surface area contributed by atoms with Crippen molar-refractivity contribution in [2.75, 3.05) is 11.9 Å². The van der Waals surface area contributed by atoms with E-state index in [1.807, 2.05) is 37.3 Å². The van der Waals surface area contributed by atoms with E-state index in [-0.39, 0.29) is 5.91 Å². The highest BCUT2D eigenvalue weighted by molar-refractivity contribution is 6.31. The van der Waals surface area contributed by atoms with Gasteiger partial charge in [0.05, 0.1) is 12.3 Å². The summed E-state index contributed by atoms with van der Waals surface area (Å²) < 4.78 is 11.0. The summed E-state index contributed by atoms with van der Waals surface area (Å²) in [4.78, 5) is 12.9. The maximum atomic E-state index is 12.9. The fourth-order valence-electron chi connectivity index (χ4n) is 2.56. The number of carbonyl (C=O) groups is 1. The summed E-state index contributed by atoms with van der Waals surface area (Å²) in [6.07, 6.45) is 0.860. The van der Waals surface area contributed by atoms with E-state index < -0.39 is 0 Å². The largest absolute Gasteiger partial charge is 0.491 e. The van der Waals surface area contributed by atoms with Gasteiger partial charge in [-0.1, -0.05) is 54.0 Å². The van der Waals surface area contributed by atoms with Crippen molar-refractivity contribution in [3.05, 3.63) is 64.9 Å². The second kappa shape index (κ2) is 8.06. The zero-order valence-electron chi connectivity index (χ0n) is 14.6. The zero-order valence-corrected chi connectivity index (χ0v) is 15.3. The molecule has 3 aromatic rings. The molecule has 26 heavy (non-hydrogen) atoms. The molecule has 0 aliphatic heterocycles. The molecule has 3 rings (SSSR count). The third-order valence-corrected chi connectivity index (χ3v) is 4.02. The molecule has 6 heteroatoms. The van der Waals surface area contributed by atoms with Crippen molar-refractivity contribution in [2.24, 2.45) is 0 Å². The number of aromatic nitrogens is 1. The number of carbonyl (C=O) groups excluding carboxylic acids is 1. The Bertz CT molecular complexity index is 907. The standard InChI is InChI=1S/C20H19ClN2O3/c1-3-11-25-17-10-9-15(21)12-16(17)22-20(24)18-13(2)26-23-19(18)14-7-5-4-6-8-14/h4-10,12H,3,11H2,1-2H3,(H,22,24). The topological polar surface area (TPSA) is 64.4 Å². The second-order valence-corrected chi connectivity index (χ2v) is 6.21. The van der Waals surface area contributed by atoms with Crippen LogP contribution >= 0.6 is 11.6 Å². The Labute approximate surface area is 156 Å². The molecule has 0 fully saturated rings. The summed E-state index contributed by atoms with van der Waals surface area (Å²) in [5.41, 5.74) is 2.20. The van der Waals surface area contributed by atoms with Gasteiger partial charge in [0.25, 0.3) is 5.91 Å². The second-order valence-electron chi connectivity index (χ2n) is 5.77. The van der Waals surface area contributed by atoms with Crippen molar-refractivity contribution in [3.8, 4) is 17.0 Å². The minimum Gasteiger partial charge on any atom is -0.491 e. The van der Waals surface area contributed by atoms with Crippen molar-refractivity contribution in [2.45, 2.75) is 20.3 Å². The molecule has 0 spiro atoms. The first-order chi connectivity index (χ1) is 12.6. The van der Waals surface area contributed by atoms with Crippen LogP contribution in [0.4, 0.5) is 5.69 Å². The van der Waals surface area contributed by atoms with Crippen molar-refractivity contribution < 1.29 is 14.1 Å². The fraction of sp³-hybridized carbons (Fsp3) is 0.200. The van der Waals surface area contributed by atoms with Crippen molar-refractivity contribution in [1.82, 2.24) is 5.16 Å². The molecule has 134 valence electrons. The van der Waals surface area contributed by atoms with E-state index in [0.717, 1.165) is 12.0 Å². The summed E-state index contributed by atoms with van der Waals surface area (Å²) in [6.45, 7) is 4.27. The molecular formula is C20H19ClN2O3. The lowest BCUT2D eigenvalue weighted by Crippen LogP contribution is -2.14. The van der Waals surface area contributed by atoms with Crippen LogP contribution in [0, 0.1) is 6.92 Å². The van der Waals surface area contributed by atoms with Crippen molar-refractivity contribution in [1.29, 1.82) is 0 Å². The van der Waals surface area contributed by atoms with Crippen LogP contribution in [-0.2, 0) is 0 Å². The van der Waals surface area contributed by atoms with Crippen LogP contribution in [0.2, 0.25) is 5.02 Å². The first kappa shape index (κ1) is 18.0. The van der Waals surface area contributed by atoms with E-state index in [2.05, 4.69) is 10.5 Å². The molecule has 1 aromatic heterocycles. The van der Waals surface area contributed by atoms with E-state index in [1.165, 1.54) is 0 Å². The number of ether oxygens (including phenoxy) is 1. The molecule has 1 amide bonds. The Morgan fingerprint density at radius 3 is 2.73 bits per heavy atom. The van der Waals surface area contributed by atoms with Crippen molar-refractivity contribution >= 4 is 23.2 Å². The van der Waals surface area contributed by atoms with Gasteiger partial charge in [0.15, 0.2) is 0 Å². The SMILES string of the molecule is CCCOc1ccc(Cl)cc1NC(=O)c1c(-c2ccccc2)noc1C. The molecule has 0 atom stereocenters. The van der Waals surface area contributed by atoms with Gasteiger partial charge in [-0.2, -0.15) is 0 Å². The summed E-state index contributed by atoms with van der Waals surface area (Å²) in [6, 6.07) is 14.6. The number of amides is 1. The molecule has 0 aliphatic rings. The number of hydrogen-bond donors (Lipinski definition) is 1. The number of rotatable bonds is 6. The van der Waals surface area contributed by atoms with E-state index in [1.54, 1.807) is 25.1 Å². The predicted molar refractivity (Wildman–Crippen MR) is 102 cm³/mol. The van der Waals surface area contributed by atoms with Gasteiger partial charge in [0.2, 0.25) is 0 Å². The van der Waals surface area contributed by atoms with Crippen molar-refractivity contribution in [3.63, 3.8) is 0 Å². The van der Waals surface area contributed by atoms with Crippen LogP contribution < -0.4 is 10.1 Å². The summed E-state index contributed by atoms with van der Waals surface area (Å²) in [5.74, 6) is 0.686. The van der Waals surface area contributed by atoms with Gasteiger partial charge in [-0.3, -0.25) is 4.79 Å². The first-order valence-electron chi connectivity index (χ1n) is 8.35. The zero-order chi connectivity index (χ0) is 18.5. The number of nitrogens with zero attached hydrogens (tertiary/aromatic N) is 1. The van der Waals surface area contributed by atoms with E-state index >= 15 is 0 Å². The van der Waals surface area contributed by atoms with Crippen LogP contribution in [0.3, 0.4) is 0 Å². The minimum absolute atomic E-state index is 0.328. The highest BCUT2D eigenvalue weighted by atomic mass is 35.5. The van der Waals surface area contributed by atoms with E-state index in [9.17, 15) is 4.79 Å². The Hall–Kier alpha value is -2.79. The third-order valence-electron chi connectivity index (χ3n) is 3.79. The molecular weight excluding hydrogens is 352 g/mol. The monoisotopic (exact) mass is 370 g/mol. The van der Waals surface area contributed by atoms with Gasteiger partial charge in [0.1, 0.15) is 22.8 Å². The highest BCUT2D eigenvalue weighted by Gasteiger charge is 2.22. The first-order valence-corrected chi connectivity index (χ1v) is 8.73. The number of aryl methyl sites for hydroxylation is 1. The maximum absolute atomic E-state index is 12.9. The lowest BCUT2D eigenvalue weighted by Gasteiger charge is -2.12. The molecule has 1 N–H and O–H groups in total. The van der Waals surface area contributed by atoms with Crippen LogP contribution in [-0.4, -0.2) is 17.7 Å². The summed E-state index contributed by atoms with van der Waals surface area (Å²) >= 11 is 6.08. The molecule has 0 aliphatic carbocycles. The lowest BCUT2D eigenvalue weighted by atomic mass is 10.1. The molecule has 5 nitrogen and oxygen atoms in total. The lowest BCUT2D eigenvalue weighted by molar-refractivity contribution is 0.102. The van der Waals surface area contributed by atoms with Gasteiger partial charge >= 0.3 is 0 Å². The number of hydrogen-bond acceptors (Lipinski definition) is 4. The number of anilines is 1. The van der Waals surface area contributed by atoms with Crippen LogP contribution in [0.15, 0.2) is 53.1 Å². The molecule has 0 saturated heterocycles. The molecule has 0 unspecified atom stereocenters. The van der Waals surface area contributed by atoms with Gasteiger partial charge < -0.3 is 14.6 Å². The van der Waals surface area contributed by atoms with Gasteiger partial charge in [-0.15, -0.1) is 0 Å². The van der Waals surface area contributed by atoms with Crippen LogP contribution in [0.25, 0.3) is 11.3 Å².